The molecule has 0 radical (unpaired) electrons. The quantitative estimate of drug-likeness (QED) is 0.639. The van der Waals surface area contributed by atoms with Crippen molar-refractivity contribution in [1.82, 2.24) is 0 Å². The lowest BCUT2D eigenvalue weighted by molar-refractivity contribution is -0.147. The Balaban J connectivity index is 1.63. The van der Waals surface area contributed by atoms with Crippen LogP contribution in [0.1, 0.15) is 38.8 Å². The van der Waals surface area contributed by atoms with E-state index < -0.39 is 0 Å². The third kappa shape index (κ3) is 2.43. The molecule has 0 bridgehead atoms. The van der Waals surface area contributed by atoms with Crippen molar-refractivity contribution in [3.05, 3.63) is 64.7 Å². The fourth-order valence-corrected chi connectivity index (χ4v) is 3.59. The summed E-state index contributed by atoms with van der Waals surface area (Å²) >= 11 is 0. The maximum Gasteiger partial charge on any atom is 0.309 e. The van der Waals surface area contributed by atoms with E-state index >= 15 is 0 Å². The molecule has 5 nitrogen and oxygen atoms in total. The molecule has 4 rings (SSSR count). The van der Waals surface area contributed by atoms with Crippen molar-refractivity contribution in [3.63, 3.8) is 0 Å². The Hall–Kier alpha value is -2.95. The highest BCUT2D eigenvalue weighted by molar-refractivity contribution is 6.34. The number of hydrogen-bond donors (Lipinski definition) is 0. The topological polar surface area (TPSA) is 63.7 Å². The van der Waals surface area contributed by atoms with Gasteiger partial charge in [-0.25, -0.2) is 4.90 Å². The molecule has 0 saturated heterocycles. The Morgan fingerprint density at radius 1 is 1.04 bits per heavy atom. The van der Waals surface area contributed by atoms with Crippen LogP contribution in [0, 0.1) is 5.92 Å². The largest absolute Gasteiger partial charge is 0.466 e. The lowest BCUT2D eigenvalue weighted by atomic mass is 10.1. The van der Waals surface area contributed by atoms with Gasteiger partial charge in [-0.15, -0.1) is 0 Å². The van der Waals surface area contributed by atoms with Crippen molar-refractivity contribution in [1.29, 1.82) is 0 Å². The van der Waals surface area contributed by atoms with Crippen LogP contribution in [-0.4, -0.2) is 24.4 Å². The van der Waals surface area contributed by atoms with Gasteiger partial charge in [-0.1, -0.05) is 18.2 Å². The number of ether oxygens (including phenoxy) is 1. The second-order valence-corrected chi connectivity index (χ2v) is 6.30. The molecule has 1 heterocycles. The Morgan fingerprint density at radius 2 is 1.68 bits per heavy atom. The van der Waals surface area contributed by atoms with Gasteiger partial charge in [0, 0.05) is 0 Å². The molecule has 0 saturated carbocycles. The van der Waals surface area contributed by atoms with Crippen LogP contribution < -0.4 is 4.90 Å². The average Bonchev–Trinajstić information content (AvgIpc) is 3.15. The van der Waals surface area contributed by atoms with Crippen LogP contribution in [-0.2, 0) is 22.4 Å². The molecule has 2 aromatic carbocycles. The van der Waals surface area contributed by atoms with Crippen molar-refractivity contribution in [3.8, 4) is 0 Å². The number of nitrogens with zero attached hydrogens (tertiary/aromatic N) is 1. The lowest BCUT2D eigenvalue weighted by Crippen LogP contribution is -2.29. The third-order valence-electron chi connectivity index (χ3n) is 4.79. The summed E-state index contributed by atoms with van der Waals surface area (Å²) < 4.78 is 5.11. The van der Waals surface area contributed by atoms with Crippen molar-refractivity contribution < 1.29 is 19.1 Å². The minimum atomic E-state index is -0.305. The van der Waals surface area contributed by atoms with Crippen LogP contribution in [0.3, 0.4) is 0 Å². The number of carbonyl (C=O) groups is 3. The molecule has 0 fully saturated rings. The van der Waals surface area contributed by atoms with Gasteiger partial charge in [0.25, 0.3) is 11.8 Å². The molecule has 0 spiro atoms. The SMILES string of the molecule is CCOC(=O)C1Cc2ccc(N3C(=O)c4ccccc4C3=O)cc2C1. The molecule has 2 amide bonds. The molecule has 1 aliphatic heterocycles. The number of amides is 2. The number of rotatable bonds is 3. The molecule has 126 valence electrons. The van der Waals surface area contributed by atoms with Crippen LogP contribution in [0.5, 0.6) is 0 Å². The Labute approximate surface area is 145 Å². The smallest absolute Gasteiger partial charge is 0.309 e. The molecule has 1 atom stereocenters. The first-order chi connectivity index (χ1) is 12.1. The minimum Gasteiger partial charge on any atom is -0.466 e. The molecular formula is C20H17NO4. The van der Waals surface area contributed by atoms with Crippen LogP contribution in [0.15, 0.2) is 42.5 Å². The number of imide groups is 1. The molecule has 2 aromatic rings. The van der Waals surface area contributed by atoms with E-state index in [1.807, 2.05) is 12.1 Å². The Kier molecular flexibility index (Phi) is 3.64. The number of esters is 1. The molecule has 1 aliphatic carbocycles. The predicted molar refractivity (Wildman–Crippen MR) is 91.6 cm³/mol. The van der Waals surface area contributed by atoms with Crippen LogP contribution in [0.4, 0.5) is 5.69 Å². The summed E-state index contributed by atoms with van der Waals surface area (Å²) in [6.07, 6.45) is 1.21. The van der Waals surface area contributed by atoms with Gasteiger partial charge in [-0.2, -0.15) is 0 Å². The number of anilines is 1. The van der Waals surface area contributed by atoms with Crippen LogP contribution in [0.25, 0.3) is 0 Å². The molecule has 0 aromatic heterocycles. The van der Waals surface area contributed by atoms with E-state index in [1.165, 1.54) is 4.90 Å². The highest BCUT2D eigenvalue weighted by Crippen LogP contribution is 2.34. The van der Waals surface area contributed by atoms with Gasteiger partial charge in [0.2, 0.25) is 0 Å². The van der Waals surface area contributed by atoms with E-state index in [-0.39, 0.29) is 23.7 Å². The van der Waals surface area contributed by atoms with Gasteiger partial charge in [0.15, 0.2) is 0 Å². The van der Waals surface area contributed by atoms with E-state index in [1.54, 1.807) is 37.3 Å². The van der Waals surface area contributed by atoms with Crippen molar-refractivity contribution in [2.45, 2.75) is 19.8 Å². The number of carbonyl (C=O) groups excluding carboxylic acids is 3. The predicted octanol–water partition coefficient (Wildman–Crippen LogP) is 2.77. The summed E-state index contributed by atoms with van der Waals surface area (Å²) in [5, 5.41) is 0. The van der Waals surface area contributed by atoms with Gasteiger partial charge in [-0.3, -0.25) is 14.4 Å². The maximum atomic E-state index is 12.6. The zero-order valence-corrected chi connectivity index (χ0v) is 13.8. The highest BCUT2D eigenvalue weighted by atomic mass is 16.5. The first kappa shape index (κ1) is 15.6. The third-order valence-corrected chi connectivity index (χ3v) is 4.79. The highest BCUT2D eigenvalue weighted by Gasteiger charge is 2.37. The zero-order chi connectivity index (χ0) is 17.6. The van der Waals surface area contributed by atoms with Gasteiger partial charge in [-0.05, 0) is 55.2 Å². The second kappa shape index (κ2) is 5.84. The van der Waals surface area contributed by atoms with Gasteiger partial charge in [0.05, 0.1) is 29.3 Å². The molecule has 0 N–H and O–H groups in total. The van der Waals surface area contributed by atoms with Crippen molar-refractivity contribution in [2.24, 2.45) is 5.92 Å². The zero-order valence-electron chi connectivity index (χ0n) is 13.8. The molecule has 25 heavy (non-hydrogen) atoms. The monoisotopic (exact) mass is 335 g/mol. The maximum absolute atomic E-state index is 12.6. The number of fused-ring (bicyclic) bond motifs is 2. The van der Waals surface area contributed by atoms with Crippen molar-refractivity contribution in [2.75, 3.05) is 11.5 Å². The lowest BCUT2D eigenvalue weighted by Gasteiger charge is -2.15. The summed E-state index contributed by atoms with van der Waals surface area (Å²) in [5.41, 5.74) is 3.47. The second-order valence-electron chi connectivity index (χ2n) is 6.30. The summed E-state index contributed by atoms with van der Waals surface area (Å²) in [6.45, 7) is 2.16. The first-order valence-corrected chi connectivity index (χ1v) is 8.36. The normalized spacial score (nSPS) is 18.3. The summed E-state index contributed by atoms with van der Waals surface area (Å²) in [4.78, 5) is 38.4. The van der Waals surface area contributed by atoms with E-state index in [0.717, 1.165) is 11.1 Å². The first-order valence-electron chi connectivity index (χ1n) is 8.36. The Bertz CT molecular complexity index is 867. The average molecular weight is 335 g/mol. The minimum absolute atomic E-state index is 0.188. The van der Waals surface area contributed by atoms with Crippen LogP contribution >= 0.6 is 0 Å². The van der Waals surface area contributed by atoms with Gasteiger partial charge in [0.1, 0.15) is 0 Å². The molecule has 1 unspecified atom stereocenters. The molecule has 5 heteroatoms. The molecular weight excluding hydrogens is 318 g/mol. The summed E-state index contributed by atoms with van der Waals surface area (Å²) in [5.74, 6) is -0.991. The van der Waals surface area contributed by atoms with Gasteiger partial charge < -0.3 is 4.74 Å². The molecule has 2 aliphatic rings. The van der Waals surface area contributed by atoms with Gasteiger partial charge >= 0.3 is 5.97 Å². The number of benzene rings is 2. The summed E-state index contributed by atoms with van der Waals surface area (Å²) in [7, 11) is 0. The van der Waals surface area contributed by atoms with E-state index in [9.17, 15) is 14.4 Å². The van der Waals surface area contributed by atoms with E-state index in [4.69, 9.17) is 4.74 Å². The van der Waals surface area contributed by atoms with Crippen molar-refractivity contribution >= 4 is 23.5 Å². The standard InChI is InChI=1S/C20H17NO4/c1-2-25-20(24)14-9-12-7-8-15(11-13(12)10-14)21-18(22)16-5-3-4-6-17(16)19(21)23/h3-8,11,14H,2,9-10H2,1H3. The van der Waals surface area contributed by atoms with E-state index in [2.05, 4.69) is 0 Å². The fourth-order valence-electron chi connectivity index (χ4n) is 3.59. The Morgan fingerprint density at radius 3 is 2.32 bits per heavy atom. The van der Waals surface area contributed by atoms with Crippen LogP contribution in [0.2, 0.25) is 0 Å². The number of hydrogen-bond acceptors (Lipinski definition) is 4. The van der Waals surface area contributed by atoms with E-state index in [0.29, 0.717) is 36.3 Å². The summed E-state index contributed by atoms with van der Waals surface area (Å²) in [6, 6.07) is 12.3. The fraction of sp³-hybridized carbons (Fsp3) is 0.250.